The molecule has 0 unspecified atom stereocenters. The first-order valence-corrected chi connectivity index (χ1v) is 5.50. The number of hydrogen-bond acceptors (Lipinski definition) is 4. The molecule has 4 nitrogen and oxygen atoms in total. The summed E-state index contributed by atoms with van der Waals surface area (Å²) < 4.78 is 10.3. The third kappa shape index (κ3) is 2.51. The van der Waals surface area contributed by atoms with Gasteiger partial charge in [-0.25, -0.2) is 9.78 Å². The van der Waals surface area contributed by atoms with Gasteiger partial charge in [-0.2, -0.15) is 0 Å². The lowest BCUT2D eigenvalue weighted by Gasteiger charge is -2.11. The van der Waals surface area contributed by atoms with Crippen molar-refractivity contribution in [2.45, 2.75) is 31.8 Å². The number of hydrogen-bond donors (Lipinski definition) is 0. The van der Waals surface area contributed by atoms with Crippen molar-refractivity contribution in [1.29, 1.82) is 0 Å². The van der Waals surface area contributed by atoms with Gasteiger partial charge < -0.3 is 9.47 Å². The Morgan fingerprint density at radius 2 is 2.12 bits per heavy atom. The minimum absolute atomic E-state index is 0.288. The number of carbonyl (C=O) groups is 1. The zero-order chi connectivity index (χ0) is 11.4. The second-order valence-corrected chi connectivity index (χ2v) is 3.90. The first-order chi connectivity index (χ1) is 7.79. The third-order valence-electron chi connectivity index (χ3n) is 2.75. The van der Waals surface area contributed by atoms with Crippen LogP contribution in [0.1, 0.15) is 36.0 Å². The Bertz CT molecular complexity index is 355. The summed E-state index contributed by atoms with van der Waals surface area (Å²) in [6, 6.07) is 3.38. The molecule has 0 radical (unpaired) electrons. The van der Waals surface area contributed by atoms with Crippen molar-refractivity contribution in [3.8, 4) is 5.88 Å². The summed E-state index contributed by atoms with van der Waals surface area (Å²) in [5.74, 6) is 0.208. The van der Waals surface area contributed by atoms with Gasteiger partial charge in [-0.1, -0.05) is 0 Å². The molecule has 1 aromatic rings. The van der Waals surface area contributed by atoms with Gasteiger partial charge >= 0.3 is 5.97 Å². The van der Waals surface area contributed by atoms with Crippen LogP contribution in [0.4, 0.5) is 0 Å². The van der Waals surface area contributed by atoms with Gasteiger partial charge in [-0.3, -0.25) is 0 Å². The van der Waals surface area contributed by atoms with Crippen LogP contribution in [-0.2, 0) is 4.74 Å². The minimum atomic E-state index is -0.375. The summed E-state index contributed by atoms with van der Waals surface area (Å²) in [5, 5.41) is 0. The number of aromatic nitrogens is 1. The SMILES string of the molecule is COC(=O)c1ccc(OC2CCCC2)nc1. The summed E-state index contributed by atoms with van der Waals surface area (Å²) >= 11 is 0. The summed E-state index contributed by atoms with van der Waals surface area (Å²) in [6.07, 6.45) is 6.42. The third-order valence-corrected chi connectivity index (χ3v) is 2.75. The van der Waals surface area contributed by atoms with E-state index in [0.717, 1.165) is 12.8 Å². The molecule has 2 rings (SSSR count). The molecule has 0 bridgehead atoms. The molecule has 1 saturated carbocycles. The highest BCUT2D eigenvalue weighted by molar-refractivity contribution is 5.88. The number of nitrogens with zero attached hydrogens (tertiary/aromatic N) is 1. The average Bonchev–Trinajstić information content (AvgIpc) is 2.82. The van der Waals surface area contributed by atoms with E-state index in [2.05, 4.69) is 9.72 Å². The van der Waals surface area contributed by atoms with Crippen LogP contribution in [0.3, 0.4) is 0 Å². The first kappa shape index (κ1) is 10.9. The van der Waals surface area contributed by atoms with Crippen molar-refractivity contribution in [3.63, 3.8) is 0 Å². The molecule has 0 spiro atoms. The molecule has 1 aromatic heterocycles. The second-order valence-electron chi connectivity index (χ2n) is 3.90. The number of esters is 1. The maximum absolute atomic E-state index is 11.2. The molecule has 1 aliphatic carbocycles. The lowest BCUT2D eigenvalue weighted by Crippen LogP contribution is -2.12. The molecule has 86 valence electrons. The smallest absolute Gasteiger partial charge is 0.339 e. The molecule has 0 amide bonds. The van der Waals surface area contributed by atoms with Gasteiger partial charge in [-0.05, 0) is 31.7 Å². The molecule has 0 N–H and O–H groups in total. The Morgan fingerprint density at radius 1 is 1.38 bits per heavy atom. The van der Waals surface area contributed by atoms with Gasteiger partial charge in [0.15, 0.2) is 0 Å². The van der Waals surface area contributed by atoms with Crippen LogP contribution in [0, 0.1) is 0 Å². The molecule has 16 heavy (non-hydrogen) atoms. The van der Waals surface area contributed by atoms with E-state index in [0.29, 0.717) is 11.4 Å². The molecular weight excluding hydrogens is 206 g/mol. The maximum Gasteiger partial charge on any atom is 0.339 e. The zero-order valence-corrected chi connectivity index (χ0v) is 9.31. The highest BCUT2D eigenvalue weighted by Crippen LogP contribution is 2.22. The van der Waals surface area contributed by atoms with E-state index in [1.807, 2.05) is 0 Å². The number of methoxy groups -OCH3 is 1. The van der Waals surface area contributed by atoms with Crippen molar-refractivity contribution in [2.24, 2.45) is 0 Å². The van der Waals surface area contributed by atoms with Crippen LogP contribution in [0.5, 0.6) is 5.88 Å². The van der Waals surface area contributed by atoms with Crippen molar-refractivity contribution < 1.29 is 14.3 Å². The molecule has 0 atom stereocenters. The number of ether oxygens (including phenoxy) is 2. The Hall–Kier alpha value is -1.58. The number of rotatable bonds is 3. The predicted molar refractivity (Wildman–Crippen MR) is 58.5 cm³/mol. The van der Waals surface area contributed by atoms with E-state index >= 15 is 0 Å². The molecule has 1 aliphatic rings. The van der Waals surface area contributed by atoms with Crippen molar-refractivity contribution in [1.82, 2.24) is 4.98 Å². The summed E-state index contributed by atoms with van der Waals surface area (Å²) in [6.45, 7) is 0. The van der Waals surface area contributed by atoms with Gasteiger partial charge in [0, 0.05) is 12.3 Å². The van der Waals surface area contributed by atoms with E-state index in [1.54, 1.807) is 12.1 Å². The zero-order valence-electron chi connectivity index (χ0n) is 9.31. The van der Waals surface area contributed by atoms with Crippen LogP contribution in [-0.4, -0.2) is 24.2 Å². The van der Waals surface area contributed by atoms with Crippen LogP contribution in [0.15, 0.2) is 18.3 Å². The lowest BCUT2D eigenvalue weighted by atomic mass is 10.3. The van der Waals surface area contributed by atoms with E-state index < -0.39 is 0 Å². The van der Waals surface area contributed by atoms with Gasteiger partial charge in [-0.15, -0.1) is 0 Å². The monoisotopic (exact) mass is 221 g/mol. The van der Waals surface area contributed by atoms with Gasteiger partial charge in [0.05, 0.1) is 12.7 Å². The Balaban J connectivity index is 1.98. The minimum Gasteiger partial charge on any atom is -0.474 e. The van der Waals surface area contributed by atoms with E-state index in [4.69, 9.17) is 4.74 Å². The topological polar surface area (TPSA) is 48.4 Å². The van der Waals surface area contributed by atoms with Gasteiger partial charge in [0.25, 0.3) is 0 Å². The average molecular weight is 221 g/mol. The summed E-state index contributed by atoms with van der Waals surface area (Å²) in [5.41, 5.74) is 0.446. The fourth-order valence-electron chi connectivity index (χ4n) is 1.87. The van der Waals surface area contributed by atoms with Crippen molar-refractivity contribution in [2.75, 3.05) is 7.11 Å². The number of pyridine rings is 1. The van der Waals surface area contributed by atoms with Crippen LogP contribution in [0.25, 0.3) is 0 Å². The normalized spacial score (nSPS) is 16.1. The van der Waals surface area contributed by atoms with E-state index in [9.17, 15) is 4.79 Å². The van der Waals surface area contributed by atoms with Crippen LogP contribution >= 0.6 is 0 Å². The largest absolute Gasteiger partial charge is 0.474 e. The summed E-state index contributed by atoms with van der Waals surface area (Å²) in [4.78, 5) is 15.3. The van der Waals surface area contributed by atoms with Gasteiger partial charge in [0.1, 0.15) is 6.10 Å². The van der Waals surface area contributed by atoms with Crippen LogP contribution in [0.2, 0.25) is 0 Å². The molecule has 4 heteroatoms. The maximum atomic E-state index is 11.2. The molecule has 0 saturated heterocycles. The molecule has 0 aromatic carbocycles. The fraction of sp³-hybridized carbons (Fsp3) is 0.500. The number of carbonyl (C=O) groups excluding carboxylic acids is 1. The fourth-order valence-corrected chi connectivity index (χ4v) is 1.87. The van der Waals surface area contributed by atoms with E-state index in [1.165, 1.54) is 26.1 Å². The van der Waals surface area contributed by atoms with Crippen molar-refractivity contribution >= 4 is 5.97 Å². The Kier molecular flexibility index (Phi) is 3.39. The van der Waals surface area contributed by atoms with Crippen LogP contribution < -0.4 is 4.74 Å². The van der Waals surface area contributed by atoms with Gasteiger partial charge in [0.2, 0.25) is 5.88 Å². The van der Waals surface area contributed by atoms with Crippen molar-refractivity contribution in [3.05, 3.63) is 23.9 Å². The lowest BCUT2D eigenvalue weighted by molar-refractivity contribution is 0.0600. The predicted octanol–water partition coefficient (Wildman–Crippen LogP) is 2.19. The summed E-state index contributed by atoms with van der Waals surface area (Å²) in [7, 11) is 1.35. The Morgan fingerprint density at radius 3 is 2.69 bits per heavy atom. The molecule has 1 heterocycles. The quantitative estimate of drug-likeness (QED) is 0.734. The molecule has 0 aliphatic heterocycles. The highest BCUT2D eigenvalue weighted by Gasteiger charge is 2.17. The molecular formula is C12H15NO3. The Labute approximate surface area is 94.6 Å². The highest BCUT2D eigenvalue weighted by atomic mass is 16.5. The second kappa shape index (κ2) is 4.96. The van der Waals surface area contributed by atoms with E-state index in [-0.39, 0.29) is 12.1 Å². The molecule has 1 fully saturated rings. The first-order valence-electron chi connectivity index (χ1n) is 5.50. The standard InChI is InChI=1S/C12H15NO3/c1-15-12(14)9-6-7-11(13-8-9)16-10-4-2-3-5-10/h6-8,10H,2-5H2,1H3.